The summed E-state index contributed by atoms with van der Waals surface area (Å²) in [4.78, 5) is 15.1. The van der Waals surface area contributed by atoms with Crippen molar-refractivity contribution in [2.24, 2.45) is 0 Å². The zero-order chi connectivity index (χ0) is 16.5. The molecule has 2 N–H and O–H groups in total. The van der Waals surface area contributed by atoms with Crippen molar-refractivity contribution in [3.8, 4) is 0 Å². The first-order valence-corrected chi connectivity index (χ1v) is 10.2. The number of rotatable bonds is 4. The summed E-state index contributed by atoms with van der Waals surface area (Å²) in [5, 5.41) is 6.05. The van der Waals surface area contributed by atoms with Gasteiger partial charge in [0.1, 0.15) is 0 Å². The van der Waals surface area contributed by atoms with Gasteiger partial charge in [0.05, 0.1) is 6.04 Å². The Bertz CT molecular complexity index is 658. The van der Waals surface area contributed by atoms with Crippen molar-refractivity contribution >= 4 is 27.1 Å². The standard InChI is InChI=1S/C15H24N2O3S2/c1-10-9-13(12(3)21-10)11(2)17-14(18)15(22(4,19)20)5-7-16-8-6-15/h9,11,16H,5-8H2,1-4H3,(H,17,18). The van der Waals surface area contributed by atoms with E-state index in [9.17, 15) is 13.2 Å². The molecule has 1 aromatic rings. The molecule has 0 saturated carbocycles. The summed E-state index contributed by atoms with van der Waals surface area (Å²) in [6.07, 6.45) is 1.82. The first-order valence-electron chi connectivity index (χ1n) is 7.45. The topological polar surface area (TPSA) is 75.3 Å². The fourth-order valence-corrected chi connectivity index (χ4v) is 5.45. The molecule has 0 aliphatic carbocycles. The number of carbonyl (C=O) groups excluding carboxylic acids is 1. The number of hydrogen-bond acceptors (Lipinski definition) is 5. The smallest absolute Gasteiger partial charge is 0.242 e. The van der Waals surface area contributed by atoms with Crippen molar-refractivity contribution in [3.05, 3.63) is 21.4 Å². The zero-order valence-corrected chi connectivity index (χ0v) is 15.2. The number of carbonyl (C=O) groups is 1. The average Bonchev–Trinajstić information content (AvgIpc) is 2.77. The first kappa shape index (κ1) is 17.4. The third kappa shape index (κ3) is 3.21. The van der Waals surface area contributed by atoms with Crippen LogP contribution >= 0.6 is 11.3 Å². The van der Waals surface area contributed by atoms with Crippen molar-refractivity contribution in [1.29, 1.82) is 0 Å². The van der Waals surface area contributed by atoms with Crippen molar-refractivity contribution < 1.29 is 13.2 Å². The second-order valence-corrected chi connectivity index (χ2v) is 9.87. The molecule has 1 aliphatic heterocycles. The Hall–Kier alpha value is -0.920. The van der Waals surface area contributed by atoms with Crippen LogP contribution in [0.3, 0.4) is 0 Å². The van der Waals surface area contributed by atoms with E-state index in [0.717, 1.165) is 10.4 Å². The number of aryl methyl sites for hydroxylation is 2. The lowest BCUT2D eigenvalue weighted by molar-refractivity contribution is -0.125. The highest BCUT2D eigenvalue weighted by molar-refractivity contribution is 7.92. The lowest BCUT2D eigenvalue weighted by Crippen LogP contribution is -2.57. The fraction of sp³-hybridized carbons (Fsp3) is 0.667. The van der Waals surface area contributed by atoms with Crippen molar-refractivity contribution in [1.82, 2.24) is 10.6 Å². The van der Waals surface area contributed by atoms with Gasteiger partial charge in [-0.15, -0.1) is 11.3 Å². The number of sulfone groups is 1. The second-order valence-electron chi connectivity index (χ2n) is 6.08. The SMILES string of the molecule is Cc1cc(C(C)NC(=O)C2(S(C)(=O)=O)CCNCC2)c(C)s1. The van der Waals surface area contributed by atoms with E-state index in [0.29, 0.717) is 25.9 Å². The van der Waals surface area contributed by atoms with Gasteiger partial charge in [-0.3, -0.25) is 4.79 Å². The van der Waals surface area contributed by atoms with E-state index in [1.54, 1.807) is 11.3 Å². The van der Waals surface area contributed by atoms with Gasteiger partial charge in [-0.25, -0.2) is 8.42 Å². The molecule has 1 unspecified atom stereocenters. The van der Waals surface area contributed by atoms with Crippen LogP contribution < -0.4 is 10.6 Å². The minimum Gasteiger partial charge on any atom is -0.348 e. The predicted octanol–water partition coefficient (Wildman–Crippen LogP) is 1.71. The number of hydrogen-bond donors (Lipinski definition) is 2. The molecule has 0 spiro atoms. The molecule has 1 saturated heterocycles. The molecule has 2 rings (SSSR count). The predicted molar refractivity (Wildman–Crippen MR) is 90.0 cm³/mol. The normalized spacial score (nSPS) is 19.6. The Morgan fingerprint density at radius 2 is 1.95 bits per heavy atom. The summed E-state index contributed by atoms with van der Waals surface area (Å²) in [5.41, 5.74) is 1.06. The summed E-state index contributed by atoms with van der Waals surface area (Å²) in [7, 11) is -3.47. The minimum atomic E-state index is -3.47. The molecule has 0 radical (unpaired) electrons. The van der Waals surface area contributed by atoms with Crippen LogP contribution in [0.1, 0.15) is 41.1 Å². The highest BCUT2D eigenvalue weighted by Crippen LogP contribution is 2.31. The molecule has 7 heteroatoms. The third-order valence-corrected chi connectivity index (χ3v) is 7.42. The summed E-state index contributed by atoms with van der Waals surface area (Å²) < 4.78 is 23.2. The molecule has 124 valence electrons. The van der Waals surface area contributed by atoms with Gasteiger partial charge < -0.3 is 10.6 Å². The maximum atomic E-state index is 12.8. The maximum Gasteiger partial charge on any atom is 0.242 e. The Kier molecular flexibility index (Phi) is 4.99. The second kappa shape index (κ2) is 6.29. The summed E-state index contributed by atoms with van der Waals surface area (Å²) in [6.45, 7) is 7.05. The highest BCUT2D eigenvalue weighted by atomic mass is 32.2. The van der Waals surface area contributed by atoms with Crippen molar-refractivity contribution in [3.63, 3.8) is 0 Å². The van der Waals surface area contributed by atoms with Gasteiger partial charge in [0, 0.05) is 16.0 Å². The van der Waals surface area contributed by atoms with Crippen LogP contribution in [0.5, 0.6) is 0 Å². The molecule has 1 aromatic heterocycles. The van der Waals surface area contributed by atoms with E-state index >= 15 is 0 Å². The van der Waals surface area contributed by atoms with Gasteiger partial charge in [0.25, 0.3) is 0 Å². The van der Waals surface area contributed by atoms with Gasteiger partial charge in [0.2, 0.25) is 5.91 Å². The lowest BCUT2D eigenvalue weighted by Gasteiger charge is -2.35. The summed E-state index contributed by atoms with van der Waals surface area (Å²) in [6, 6.07) is 1.87. The third-order valence-electron chi connectivity index (χ3n) is 4.43. The molecule has 22 heavy (non-hydrogen) atoms. The highest BCUT2D eigenvalue weighted by Gasteiger charge is 2.48. The Morgan fingerprint density at radius 1 is 1.36 bits per heavy atom. The number of amides is 1. The molecule has 1 fully saturated rings. The van der Waals surface area contributed by atoms with Gasteiger partial charge in [-0.1, -0.05) is 0 Å². The number of nitrogens with one attached hydrogen (secondary N) is 2. The zero-order valence-electron chi connectivity index (χ0n) is 13.5. The minimum absolute atomic E-state index is 0.189. The Labute approximate surface area is 136 Å². The van der Waals surface area contributed by atoms with Crippen LogP contribution in [-0.4, -0.2) is 38.4 Å². The van der Waals surface area contributed by atoms with Crippen LogP contribution in [0.15, 0.2) is 6.07 Å². The molecule has 1 amide bonds. The molecule has 1 aliphatic rings. The monoisotopic (exact) mass is 344 g/mol. The van der Waals surface area contributed by atoms with Crippen molar-refractivity contribution in [2.45, 2.75) is 44.4 Å². The largest absolute Gasteiger partial charge is 0.348 e. The van der Waals surface area contributed by atoms with Gasteiger partial charge >= 0.3 is 0 Å². The van der Waals surface area contributed by atoms with Gasteiger partial charge in [-0.05, 0) is 58.3 Å². The first-order chi connectivity index (χ1) is 10.2. The molecule has 1 atom stereocenters. The quantitative estimate of drug-likeness (QED) is 0.872. The van der Waals surface area contributed by atoms with Gasteiger partial charge in [0.15, 0.2) is 14.6 Å². The average molecular weight is 345 g/mol. The van der Waals surface area contributed by atoms with E-state index in [2.05, 4.69) is 16.7 Å². The van der Waals surface area contributed by atoms with Crippen LogP contribution in [0.2, 0.25) is 0 Å². The molecular formula is C15H24N2O3S2. The fourth-order valence-electron chi connectivity index (χ4n) is 3.08. The van der Waals surface area contributed by atoms with E-state index < -0.39 is 14.6 Å². The Morgan fingerprint density at radius 3 is 2.41 bits per heavy atom. The van der Waals surface area contributed by atoms with Crippen LogP contribution in [0, 0.1) is 13.8 Å². The van der Waals surface area contributed by atoms with Crippen LogP contribution in [0.25, 0.3) is 0 Å². The van der Waals surface area contributed by atoms with Gasteiger partial charge in [-0.2, -0.15) is 0 Å². The molecular weight excluding hydrogens is 320 g/mol. The van der Waals surface area contributed by atoms with E-state index in [-0.39, 0.29) is 11.9 Å². The Balaban J connectivity index is 2.24. The van der Waals surface area contributed by atoms with E-state index in [1.807, 2.05) is 20.8 Å². The molecule has 5 nitrogen and oxygen atoms in total. The lowest BCUT2D eigenvalue weighted by atomic mass is 9.95. The maximum absolute atomic E-state index is 12.8. The molecule has 0 aromatic carbocycles. The van der Waals surface area contributed by atoms with E-state index in [1.165, 1.54) is 11.1 Å². The summed E-state index contributed by atoms with van der Waals surface area (Å²) >= 11 is 1.69. The van der Waals surface area contributed by atoms with Crippen LogP contribution in [0.4, 0.5) is 0 Å². The molecule has 0 bridgehead atoms. The number of thiophene rings is 1. The number of piperidine rings is 1. The van der Waals surface area contributed by atoms with Crippen LogP contribution in [-0.2, 0) is 14.6 Å². The van der Waals surface area contributed by atoms with E-state index in [4.69, 9.17) is 0 Å². The van der Waals surface area contributed by atoms with Crippen molar-refractivity contribution in [2.75, 3.05) is 19.3 Å². The molecule has 2 heterocycles. The summed E-state index contributed by atoms with van der Waals surface area (Å²) in [5.74, 6) is -0.368.